The SMILES string of the molecule is C#CCN(C(=O)c1ccoc1Br)C1CCS(=O)(=O)C1. The minimum Gasteiger partial charge on any atom is -0.457 e. The molecule has 1 aromatic rings. The summed E-state index contributed by atoms with van der Waals surface area (Å²) in [6.07, 6.45) is 7.07. The molecular formula is C12H12BrNO4S. The number of carbonyl (C=O) groups excluding carboxylic acids is 1. The lowest BCUT2D eigenvalue weighted by Crippen LogP contribution is -2.41. The topological polar surface area (TPSA) is 67.6 Å². The van der Waals surface area contributed by atoms with Gasteiger partial charge in [-0.2, -0.15) is 0 Å². The number of carbonyl (C=O) groups is 1. The maximum absolute atomic E-state index is 12.4. The molecule has 0 N–H and O–H groups in total. The Hall–Kier alpha value is -1.26. The normalized spacial score (nSPS) is 20.9. The van der Waals surface area contributed by atoms with Gasteiger partial charge in [-0.25, -0.2) is 8.42 Å². The molecule has 1 aliphatic heterocycles. The van der Waals surface area contributed by atoms with E-state index in [-0.39, 0.29) is 30.0 Å². The second-order valence-electron chi connectivity index (χ2n) is 4.30. The van der Waals surface area contributed by atoms with E-state index >= 15 is 0 Å². The van der Waals surface area contributed by atoms with E-state index in [9.17, 15) is 13.2 Å². The smallest absolute Gasteiger partial charge is 0.259 e. The first-order chi connectivity index (χ1) is 8.94. The lowest BCUT2D eigenvalue weighted by atomic mass is 10.2. The molecule has 0 radical (unpaired) electrons. The summed E-state index contributed by atoms with van der Waals surface area (Å²) in [6, 6.07) is 1.16. The molecule has 1 atom stereocenters. The van der Waals surface area contributed by atoms with Gasteiger partial charge in [-0.1, -0.05) is 5.92 Å². The predicted octanol–water partition coefficient (Wildman–Crippen LogP) is 1.30. The summed E-state index contributed by atoms with van der Waals surface area (Å²) < 4.78 is 28.4. The van der Waals surface area contributed by atoms with Crippen LogP contribution in [0.1, 0.15) is 16.8 Å². The van der Waals surface area contributed by atoms with Crippen LogP contribution in [0.5, 0.6) is 0 Å². The van der Waals surface area contributed by atoms with Gasteiger partial charge in [0.05, 0.1) is 29.9 Å². The Labute approximate surface area is 120 Å². The first-order valence-corrected chi connectivity index (χ1v) is 8.24. The second kappa shape index (κ2) is 5.39. The van der Waals surface area contributed by atoms with Gasteiger partial charge in [0.1, 0.15) is 0 Å². The minimum atomic E-state index is -3.07. The van der Waals surface area contributed by atoms with Crippen molar-refractivity contribution >= 4 is 31.7 Å². The van der Waals surface area contributed by atoms with Gasteiger partial charge in [0, 0.05) is 6.04 Å². The maximum atomic E-state index is 12.4. The summed E-state index contributed by atoms with van der Waals surface area (Å²) in [7, 11) is -3.07. The van der Waals surface area contributed by atoms with Crippen molar-refractivity contribution in [3.63, 3.8) is 0 Å². The van der Waals surface area contributed by atoms with Crippen molar-refractivity contribution in [3.8, 4) is 12.3 Å². The molecule has 0 aliphatic carbocycles. The molecule has 1 unspecified atom stereocenters. The lowest BCUT2D eigenvalue weighted by molar-refractivity contribution is 0.0722. The summed E-state index contributed by atoms with van der Waals surface area (Å²) >= 11 is 3.13. The molecule has 7 heteroatoms. The Balaban J connectivity index is 2.24. The monoisotopic (exact) mass is 345 g/mol. The molecule has 2 heterocycles. The zero-order chi connectivity index (χ0) is 14.0. The van der Waals surface area contributed by atoms with Gasteiger partial charge in [0.2, 0.25) is 0 Å². The van der Waals surface area contributed by atoms with Gasteiger partial charge in [-0.05, 0) is 28.4 Å². The van der Waals surface area contributed by atoms with Gasteiger partial charge in [-0.3, -0.25) is 4.79 Å². The number of furan rings is 1. The molecule has 1 aliphatic rings. The Morgan fingerprint density at radius 1 is 1.63 bits per heavy atom. The number of nitrogens with zero attached hydrogens (tertiary/aromatic N) is 1. The van der Waals surface area contributed by atoms with E-state index in [0.717, 1.165) is 0 Å². The first-order valence-electron chi connectivity index (χ1n) is 5.62. The number of terminal acetylenes is 1. The van der Waals surface area contributed by atoms with E-state index in [1.165, 1.54) is 17.2 Å². The van der Waals surface area contributed by atoms with Gasteiger partial charge < -0.3 is 9.32 Å². The predicted molar refractivity (Wildman–Crippen MR) is 73.3 cm³/mol. The van der Waals surface area contributed by atoms with Crippen molar-refractivity contribution < 1.29 is 17.6 Å². The van der Waals surface area contributed by atoms with Gasteiger partial charge in [0.15, 0.2) is 14.5 Å². The van der Waals surface area contributed by atoms with Crippen LogP contribution in [0.3, 0.4) is 0 Å². The number of halogens is 1. The van der Waals surface area contributed by atoms with Crippen LogP contribution in [-0.4, -0.2) is 43.3 Å². The second-order valence-corrected chi connectivity index (χ2v) is 7.25. The molecule has 5 nitrogen and oxygen atoms in total. The van der Waals surface area contributed by atoms with E-state index in [2.05, 4.69) is 21.9 Å². The summed E-state index contributed by atoms with van der Waals surface area (Å²) in [5.74, 6) is 2.14. The Bertz CT molecular complexity index is 628. The third kappa shape index (κ3) is 3.01. The molecule has 2 rings (SSSR count). The molecular weight excluding hydrogens is 334 g/mol. The number of hydrogen-bond donors (Lipinski definition) is 0. The van der Waals surface area contributed by atoms with E-state index < -0.39 is 9.84 Å². The minimum absolute atomic E-state index is 0.0319. The van der Waals surface area contributed by atoms with E-state index in [4.69, 9.17) is 10.8 Å². The Kier molecular flexibility index (Phi) is 4.02. The summed E-state index contributed by atoms with van der Waals surface area (Å²) in [6.45, 7) is 0.0800. The van der Waals surface area contributed by atoms with Crippen LogP contribution in [0.2, 0.25) is 0 Å². The lowest BCUT2D eigenvalue weighted by Gasteiger charge is -2.25. The zero-order valence-corrected chi connectivity index (χ0v) is 12.4. The number of amides is 1. The Morgan fingerprint density at radius 3 is 2.84 bits per heavy atom. The highest BCUT2D eigenvalue weighted by Gasteiger charge is 2.35. The van der Waals surface area contributed by atoms with E-state index in [0.29, 0.717) is 16.7 Å². The van der Waals surface area contributed by atoms with Gasteiger partial charge in [-0.15, -0.1) is 6.42 Å². The molecule has 1 fully saturated rings. The van der Waals surface area contributed by atoms with Crippen LogP contribution in [0.4, 0.5) is 0 Å². The highest BCUT2D eigenvalue weighted by Crippen LogP contribution is 2.24. The Morgan fingerprint density at radius 2 is 2.37 bits per heavy atom. The fourth-order valence-electron chi connectivity index (χ4n) is 2.09. The highest BCUT2D eigenvalue weighted by atomic mass is 79.9. The quantitative estimate of drug-likeness (QED) is 0.774. The van der Waals surface area contributed by atoms with Crippen molar-refractivity contribution in [1.29, 1.82) is 0 Å². The van der Waals surface area contributed by atoms with Crippen LogP contribution in [0, 0.1) is 12.3 Å². The summed E-state index contributed by atoms with van der Waals surface area (Å²) in [5, 5.41) is 0. The van der Waals surface area contributed by atoms with Crippen molar-refractivity contribution in [2.24, 2.45) is 0 Å². The van der Waals surface area contributed by atoms with Crippen molar-refractivity contribution in [1.82, 2.24) is 4.90 Å². The average Bonchev–Trinajstić information content (AvgIpc) is 2.91. The molecule has 102 valence electrons. The third-order valence-corrected chi connectivity index (χ3v) is 5.38. The molecule has 0 aromatic carbocycles. The van der Waals surface area contributed by atoms with Crippen LogP contribution in [0.15, 0.2) is 21.4 Å². The van der Waals surface area contributed by atoms with Crippen molar-refractivity contribution in [3.05, 3.63) is 22.6 Å². The van der Waals surface area contributed by atoms with Crippen LogP contribution in [0.25, 0.3) is 0 Å². The number of rotatable bonds is 3. The fourth-order valence-corrected chi connectivity index (χ4v) is 4.23. The first kappa shape index (κ1) is 14.2. The molecule has 1 aromatic heterocycles. The standard InChI is InChI=1S/C12H12BrNO4S/c1-2-5-14(9-4-7-19(16,17)8-9)12(15)10-3-6-18-11(10)13/h1,3,6,9H,4-5,7-8H2. The largest absolute Gasteiger partial charge is 0.457 e. The van der Waals surface area contributed by atoms with E-state index in [1.807, 2.05) is 0 Å². The molecule has 1 saturated heterocycles. The molecule has 0 spiro atoms. The number of hydrogen-bond acceptors (Lipinski definition) is 4. The fraction of sp³-hybridized carbons (Fsp3) is 0.417. The zero-order valence-electron chi connectivity index (χ0n) is 10.0. The van der Waals surface area contributed by atoms with Crippen molar-refractivity contribution in [2.75, 3.05) is 18.1 Å². The van der Waals surface area contributed by atoms with Gasteiger partial charge >= 0.3 is 0 Å². The van der Waals surface area contributed by atoms with Gasteiger partial charge in [0.25, 0.3) is 5.91 Å². The molecule has 1 amide bonds. The van der Waals surface area contributed by atoms with Crippen LogP contribution >= 0.6 is 15.9 Å². The third-order valence-electron chi connectivity index (χ3n) is 3.02. The average molecular weight is 346 g/mol. The molecule has 0 saturated carbocycles. The van der Waals surface area contributed by atoms with E-state index in [1.54, 1.807) is 0 Å². The number of sulfone groups is 1. The van der Waals surface area contributed by atoms with Crippen LogP contribution < -0.4 is 0 Å². The summed E-state index contributed by atoms with van der Waals surface area (Å²) in [5.41, 5.74) is 0.347. The van der Waals surface area contributed by atoms with Crippen LogP contribution in [-0.2, 0) is 9.84 Å². The molecule has 0 bridgehead atoms. The maximum Gasteiger partial charge on any atom is 0.259 e. The highest BCUT2D eigenvalue weighted by molar-refractivity contribution is 9.10. The molecule has 19 heavy (non-hydrogen) atoms. The van der Waals surface area contributed by atoms with Crippen molar-refractivity contribution in [2.45, 2.75) is 12.5 Å². The summed E-state index contributed by atoms with van der Waals surface area (Å²) in [4.78, 5) is 13.8.